The molecule has 1 unspecified atom stereocenters. The van der Waals surface area contributed by atoms with Crippen molar-refractivity contribution in [2.75, 3.05) is 18.4 Å². The summed E-state index contributed by atoms with van der Waals surface area (Å²) in [6.45, 7) is 1.66. The maximum atomic E-state index is 13.5. The van der Waals surface area contributed by atoms with Crippen molar-refractivity contribution in [2.24, 2.45) is 0 Å². The molecule has 1 saturated heterocycles. The van der Waals surface area contributed by atoms with Gasteiger partial charge in [0.25, 0.3) is 0 Å². The Morgan fingerprint density at radius 2 is 1.96 bits per heavy atom. The summed E-state index contributed by atoms with van der Waals surface area (Å²) >= 11 is 0. The largest absolute Gasteiger partial charge is 0.419 e. The van der Waals surface area contributed by atoms with Gasteiger partial charge in [-0.3, -0.25) is 0 Å². The van der Waals surface area contributed by atoms with E-state index >= 15 is 0 Å². The van der Waals surface area contributed by atoms with E-state index in [0.29, 0.717) is 17.1 Å². The zero-order chi connectivity index (χ0) is 19.6. The number of halogens is 3. The van der Waals surface area contributed by atoms with Crippen LogP contribution in [0.15, 0.2) is 36.9 Å². The van der Waals surface area contributed by atoms with Gasteiger partial charge in [0, 0.05) is 42.9 Å². The summed E-state index contributed by atoms with van der Waals surface area (Å²) in [6.07, 6.45) is 2.75. The zero-order valence-electron chi connectivity index (χ0n) is 14.8. The molecule has 1 fully saturated rings. The monoisotopic (exact) mass is 389 g/mol. The van der Waals surface area contributed by atoms with Crippen LogP contribution >= 0.6 is 0 Å². The maximum absolute atomic E-state index is 13.5. The van der Waals surface area contributed by atoms with Crippen LogP contribution in [-0.4, -0.2) is 44.1 Å². The summed E-state index contributed by atoms with van der Waals surface area (Å²) in [7, 11) is 0. The second kappa shape index (κ2) is 7.55. The van der Waals surface area contributed by atoms with Crippen LogP contribution < -0.4 is 10.6 Å². The molecular formula is C18H18F3N7. The summed E-state index contributed by atoms with van der Waals surface area (Å²) in [5.41, 5.74) is -0.276. The number of aromatic amines is 1. The highest BCUT2D eigenvalue weighted by Crippen LogP contribution is 2.37. The molecule has 1 atom stereocenters. The van der Waals surface area contributed by atoms with Gasteiger partial charge in [0.2, 0.25) is 5.95 Å². The smallest absolute Gasteiger partial charge is 0.358 e. The summed E-state index contributed by atoms with van der Waals surface area (Å²) in [5, 5.41) is 6.36. The normalized spacial score (nSPS) is 17.5. The van der Waals surface area contributed by atoms with Crippen LogP contribution in [0, 0.1) is 0 Å². The first-order chi connectivity index (χ1) is 13.5. The average molecular weight is 389 g/mol. The van der Waals surface area contributed by atoms with Crippen molar-refractivity contribution < 1.29 is 13.2 Å². The molecule has 0 aliphatic carbocycles. The van der Waals surface area contributed by atoms with Crippen molar-refractivity contribution in [2.45, 2.75) is 25.1 Å². The standard InChI is InChI=1S/C18H18F3N7/c19-18(20,21)13-10-26-17(27-12-3-1-4-22-9-12)28-15(13)11-7-14(25-8-11)16-23-5-2-6-24-16/h2,5-8,10,12,22,25H,1,3-4,9H2,(H,26,27,28). The first-order valence-electron chi connectivity index (χ1n) is 8.88. The maximum Gasteiger partial charge on any atom is 0.419 e. The predicted molar refractivity (Wildman–Crippen MR) is 97.4 cm³/mol. The number of H-pyrrole nitrogens is 1. The summed E-state index contributed by atoms with van der Waals surface area (Å²) in [5.74, 6) is 0.568. The Kier molecular flexibility index (Phi) is 4.95. The van der Waals surface area contributed by atoms with Crippen molar-refractivity contribution in [1.29, 1.82) is 0 Å². The minimum atomic E-state index is -4.57. The molecule has 4 rings (SSSR count). The first kappa shape index (κ1) is 18.4. The van der Waals surface area contributed by atoms with Crippen LogP contribution in [0.5, 0.6) is 0 Å². The molecule has 146 valence electrons. The first-order valence-corrected chi connectivity index (χ1v) is 8.88. The molecule has 7 nitrogen and oxygen atoms in total. The SMILES string of the molecule is FC(F)(F)c1cnc(NC2CCCNC2)nc1-c1c[nH]c(-c2ncccn2)c1. The zero-order valence-corrected chi connectivity index (χ0v) is 14.8. The van der Waals surface area contributed by atoms with Crippen molar-refractivity contribution in [3.05, 3.63) is 42.5 Å². The fourth-order valence-corrected chi connectivity index (χ4v) is 3.13. The third-order valence-electron chi connectivity index (χ3n) is 4.49. The molecule has 4 heterocycles. The highest BCUT2D eigenvalue weighted by atomic mass is 19.4. The Balaban J connectivity index is 1.69. The number of aromatic nitrogens is 5. The Labute approximate surface area is 158 Å². The number of rotatable bonds is 4. The van der Waals surface area contributed by atoms with Crippen molar-refractivity contribution >= 4 is 5.95 Å². The van der Waals surface area contributed by atoms with E-state index in [0.717, 1.165) is 32.1 Å². The van der Waals surface area contributed by atoms with Crippen LogP contribution in [0.4, 0.5) is 19.1 Å². The van der Waals surface area contributed by atoms with Gasteiger partial charge in [0.1, 0.15) is 5.56 Å². The number of nitrogens with zero attached hydrogens (tertiary/aromatic N) is 4. The third kappa shape index (κ3) is 3.96. The van der Waals surface area contributed by atoms with E-state index in [1.54, 1.807) is 24.5 Å². The molecule has 3 aromatic heterocycles. The molecule has 28 heavy (non-hydrogen) atoms. The van der Waals surface area contributed by atoms with Gasteiger partial charge in [0.15, 0.2) is 5.82 Å². The second-order valence-corrected chi connectivity index (χ2v) is 6.52. The Morgan fingerprint density at radius 1 is 1.14 bits per heavy atom. The van der Waals surface area contributed by atoms with Gasteiger partial charge in [-0.2, -0.15) is 13.2 Å². The fourth-order valence-electron chi connectivity index (χ4n) is 3.13. The molecule has 10 heteroatoms. The molecule has 0 spiro atoms. The Morgan fingerprint density at radius 3 is 2.68 bits per heavy atom. The summed E-state index contributed by atoms with van der Waals surface area (Å²) in [4.78, 5) is 19.2. The molecular weight excluding hydrogens is 371 g/mol. The average Bonchev–Trinajstić information content (AvgIpc) is 3.19. The predicted octanol–water partition coefficient (Wildman–Crippen LogP) is 3.11. The lowest BCUT2D eigenvalue weighted by Crippen LogP contribution is -2.38. The van der Waals surface area contributed by atoms with Gasteiger partial charge in [0.05, 0.1) is 11.4 Å². The van der Waals surface area contributed by atoms with Gasteiger partial charge in [-0.25, -0.2) is 19.9 Å². The highest BCUT2D eigenvalue weighted by Gasteiger charge is 2.36. The molecule has 0 radical (unpaired) electrons. The molecule has 0 saturated carbocycles. The Hall–Kier alpha value is -3.01. The van der Waals surface area contributed by atoms with Crippen LogP contribution in [-0.2, 0) is 6.18 Å². The topological polar surface area (TPSA) is 91.4 Å². The van der Waals surface area contributed by atoms with E-state index in [1.807, 2.05) is 0 Å². The van der Waals surface area contributed by atoms with Crippen molar-refractivity contribution in [3.63, 3.8) is 0 Å². The lowest BCUT2D eigenvalue weighted by atomic mass is 10.1. The van der Waals surface area contributed by atoms with E-state index < -0.39 is 11.7 Å². The van der Waals surface area contributed by atoms with Gasteiger partial charge in [-0.1, -0.05) is 0 Å². The molecule has 0 bridgehead atoms. The summed E-state index contributed by atoms with van der Waals surface area (Å²) < 4.78 is 40.5. The Bertz CT molecular complexity index is 934. The number of hydrogen-bond donors (Lipinski definition) is 3. The minimum Gasteiger partial charge on any atom is -0.358 e. The number of nitrogens with one attached hydrogen (secondary N) is 3. The summed E-state index contributed by atoms with van der Waals surface area (Å²) in [6, 6.07) is 3.30. The minimum absolute atomic E-state index is 0.0813. The number of anilines is 1. The van der Waals surface area contributed by atoms with Gasteiger partial charge in [-0.15, -0.1) is 0 Å². The second-order valence-electron chi connectivity index (χ2n) is 6.52. The number of alkyl halides is 3. The highest BCUT2D eigenvalue weighted by molar-refractivity contribution is 5.69. The molecule has 3 aromatic rings. The van der Waals surface area contributed by atoms with Gasteiger partial charge >= 0.3 is 6.18 Å². The lowest BCUT2D eigenvalue weighted by molar-refractivity contribution is -0.137. The molecule has 0 aromatic carbocycles. The van der Waals surface area contributed by atoms with E-state index in [4.69, 9.17) is 0 Å². The third-order valence-corrected chi connectivity index (χ3v) is 4.49. The van der Waals surface area contributed by atoms with Gasteiger partial charge in [-0.05, 0) is 31.5 Å². The van der Waals surface area contributed by atoms with E-state index in [-0.39, 0.29) is 17.7 Å². The van der Waals surface area contributed by atoms with E-state index in [2.05, 4.69) is 35.6 Å². The van der Waals surface area contributed by atoms with Crippen LogP contribution in [0.1, 0.15) is 18.4 Å². The molecule has 0 amide bonds. The fraction of sp³-hybridized carbons (Fsp3) is 0.333. The van der Waals surface area contributed by atoms with Crippen LogP contribution in [0.3, 0.4) is 0 Å². The van der Waals surface area contributed by atoms with E-state index in [9.17, 15) is 13.2 Å². The van der Waals surface area contributed by atoms with E-state index in [1.165, 1.54) is 6.20 Å². The van der Waals surface area contributed by atoms with Gasteiger partial charge < -0.3 is 15.6 Å². The van der Waals surface area contributed by atoms with Crippen LogP contribution in [0.25, 0.3) is 22.8 Å². The van der Waals surface area contributed by atoms with Crippen molar-refractivity contribution in [1.82, 2.24) is 30.2 Å². The molecule has 1 aliphatic heterocycles. The number of piperidine rings is 1. The van der Waals surface area contributed by atoms with Crippen molar-refractivity contribution in [3.8, 4) is 22.8 Å². The number of hydrogen-bond acceptors (Lipinski definition) is 6. The lowest BCUT2D eigenvalue weighted by Gasteiger charge is -2.24. The molecule has 3 N–H and O–H groups in total. The van der Waals surface area contributed by atoms with Crippen LogP contribution in [0.2, 0.25) is 0 Å². The molecule has 1 aliphatic rings. The quantitative estimate of drug-likeness (QED) is 0.635.